The van der Waals surface area contributed by atoms with E-state index in [1.807, 2.05) is 26.8 Å². The van der Waals surface area contributed by atoms with Gasteiger partial charge in [-0.05, 0) is 51.1 Å². The van der Waals surface area contributed by atoms with Gasteiger partial charge in [-0.25, -0.2) is 13.8 Å². The zero-order valence-corrected chi connectivity index (χ0v) is 15.9. The zero-order chi connectivity index (χ0) is 19.1. The van der Waals surface area contributed by atoms with Gasteiger partial charge in [0.15, 0.2) is 0 Å². The average molecular weight is 383 g/mol. The molecule has 0 aliphatic heterocycles. The number of fused-ring (bicyclic) bond motifs is 1. The number of benzene rings is 1. The van der Waals surface area contributed by atoms with Crippen molar-refractivity contribution < 1.29 is 9.18 Å². The first-order valence-electron chi connectivity index (χ1n) is 8.54. The number of rotatable bonds is 4. The summed E-state index contributed by atoms with van der Waals surface area (Å²) in [5.41, 5.74) is 1.57. The number of thiophene rings is 1. The molecule has 138 valence electrons. The van der Waals surface area contributed by atoms with Crippen molar-refractivity contribution in [3.63, 3.8) is 0 Å². The molecule has 0 fully saturated rings. The molecule has 0 unspecified atom stereocenters. The van der Waals surface area contributed by atoms with Crippen LogP contribution in [0.15, 0.2) is 42.6 Å². The number of amides is 1. The van der Waals surface area contributed by atoms with Crippen LogP contribution in [0.4, 0.5) is 10.2 Å². The van der Waals surface area contributed by atoms with Gasteiger partial charge in [0.2, 0.25) is 0 Å². The normalized spacial score (nSPS) is 11.4. The Labute approximate surface area is 159 Å². The summed E-state index contributed by atoms with van der Waals surface area (Å²) < 4.78 is 16.7. The lowest BCUT2D eigenvalue weighted by molar-refractivity contribution is 0.102. The Balaban J connectivity index is 1.69. The molecule has 1 N–H and O–H groups in total. The summed E-state index contributed by atoms with van der Waals surface area (Å²) in [6.07, 6.45) is 1.66. The number of nitrogens with one attached hydrogen (secondary N) is 1. The van der Waals surface area contributed by atoms with Crippen molar-refractivity contribution >= 4 is 33.3 Å². The fourth-order valence-corrected chi connectivity index (χ4v) is 4.00. The minimum absolute atomic E-state index is 0.145. The van der Waals surface area contributed by atoms with Gasteiger partial charge in [-0.2, -0.15) is 10.2 Å². The lowest BCUT2D eigenvalue weighted by Crippen LogP contribution is -2.15. The second-order valence-corrected chi connectivity index (χ2v) is 7.54. The number of aryl methyl sites for hydroxylation is 1. The van der Waals surface area contributed by atoms with Crippen LogP contribution in [0.25, 0.3) is 15.9 Å². The van der Waals surface area contributed by atoms with Crippen LogP contribution in [0.5, 0.6) is 0 Å². The number of hydrogen-bond donors (Lipinski definition) is 1. The predicted octanol–water partition coefficient (Wildman–Crippen LogP) is 4.56. The first-order valence-corrected chi connectivity index (χ1v) is 9.35. The van der Waals surface area contributed by atoms with E-state index in [1.165, 1.54) is 23.5 Å². The van der Waals surface area contributed by atoms with E-state index in [0.717, 1.165) is 21.6 Å². The summed E-state index contributed by atoms with van der Waals surface area (Å²) in [5.74, 6) is 0.167. The van der Waals surface area contributed by atoms with Gasteiger partial charge in [0.05, 0.1) is 22.5 Å². The van der Waals surface area contributed by atoms with Gasteiger partial charge in [0.1, 0.15) is 16.5 Å². The monoisotopic (exact) mass is 383 g/mol. The van der Waals surface area contributed by atoms with E-state index in [9.17, 15) is 9.18 Å². The maximum atomic E-state index is 13.2. The van der Waals surface area contributed by atoms with Gasteiger partial charge < -0.3 is 5.32 Å². The molecule has 0 spiro atoms. The van der Waals surface area contributed by atoms with Crippen molar-refractivity contribution in [1.29, 1.82) is 0 Å². The highest BCUT2D eigenvalue weighted by Gasteiger charge is 2.18. The van der Waals surface area contributed by atoms with E-state index < -0.39 is 0 Å². The minimum atomic E-state index is -0.299. The first-order chi connectivity index (χ1) is 12.9. The highest BCUT2D eigenvalue weighted by atomic mass is 32.1. The largest absolute Gasteiger partial charge is 0.306 e. The van der Waals surface area contributed by atoms with E-state index in [2.05, 4.69) is 15.5 Å². The number of hydrogen-bond acceptors (Lipinski definition) is 4. The lowest BCUT2D eigenvalue weighted by atomic mass is 10.3. The summed E-state index contributed by atoms with van der Waals surface area (Å²) in [6.45, 7) is 5.90. The highest BCUT2D eigenvalue weighted by molar-refractivity contribution is 7.20. The third kappa shape index (κ3) is 3.12. The smallest absolute Gasteiger partial charge is 0.266 e. The van der Waals surface area contributed by atoms with Crippen LogP contribution >= 0.6 is 11.3 Å². The van der Waals surface area contributed by atoms with Crippen molar-refractivity contribution in [2.24, 2.45) is 0 Å². The molecule has 3 heterocycles. The third-order valence-electron chi connectivity index (χ3n) is 4.24. The summed E-state index contributed by atoms with van der Waals surface area (Å²) in [6, 6.07) is 9.89. The average Bonchev–Trinajstić information content (AvgIpc) is 3.32. The third-order valence-corrected chi connectivity index (χ3v) is 5.35. The summed E-state index contributed by atoms with van der Waals surface area (Å²) in [5, 5.41) is 12.6. The lowest BCUT2D eigenvalue weighted by Gasteiger charge is -2.11. The molecule has 8 heteroatoms. The molecule has 6 nitrogen and oxygen atoms in total. The number of carbonyl (C=O) groups excluding carboxylic acids is 1. The molecular formula is C19H18FN5OS. The summed E-state index contributed by atoms with van der Waals surface area (Å²) in [7, 11) is 0. The molecule has 0 aliphatic rings. The fourth-order valence-electron chi connectivity index (χ4n) is 2.92. The second-order valence-electron chi connectivity index (χ2n) is 6.51. The second kappa shape index (κ2) is 6.62. The molecule has 0 radical (unpaired) electrons. The van der Waals surface area contributed by atoms with E-state index in [-0.39, 0.29) is 17.8 Å². The molecule has 4 aromatic rings. The van der Waals surface area contributed by atoms with E-state index in [4.69, 9.17) is 0 Å². The Hall–Kier alpha value is -3.00. The minimum Gasteiger partial charge on any atom is -0.306 e. The Morgan fingerprint density at radius 1 is 1.22 bits per heavy atom. The Kier molecular flexibility index (Phi) is 4.27. The van der Waals surface area contributed by atoms with Gasteiger partial charge in [-0.3, -0.25) is 4.79 Å². The highest BCUT2D eigenvalue weighted by Crippen LogP contribution is 2.31. The van der Waals surface area contributed by atoms with Gasteiger partial charge >= 0.3 is 0 Å². The SMILES string of the molecule is Cc1nn(-c2ccc(F)cc2)c2sc(C(=O)Nc3ccnn3C(C)C)cc12. The van der Waals surface area contributed by atoms with Crippen LogP contribution in [-0.4, -0.2) is 25.5 Å². The maximum absolute atomic E-state index is 13.2. The molecule has 3 aromatic heterocycles. The van der Waals surface area contributed by atoms with Gasteiger partial charge in [-0.15, -0.1) is 11.3 Å². The standard InChI is InChI=1S/C19H18FN5OS/c1-11(2)24-17(8-9-21-24)22-18(26)16-10-15-12(3)23-25(19(15)27-16)14-6-4-13(20)5-7-14/h4-11H,1-3H3,(H,22,26). The Morgan fingerprint density at radius 2 is 1.96 bits per heavy atom. The van der Waals surface area contributed by atoms with Crippen LogP contribution in [0.1, 0.15) is 35.3 Å². The van der Waals surface area contributed by atoms with E-state index >= 15 is 0 Å². The van der Waals surface area contributed by atoms with Gasteiger partial charge in [0, 0.05) is 17.5 Å². The molecule has 1 aromatic carbocycles. The van der Waals surface area contributed by atoms with Crippen LogP contribution in [-0.2, 0) is 0 Å². The number of halogens is 1. The number of carbonyl (C=O) groups is 1. The quantitative estimate of drug-likeness (QED) is 0.562. The maximum Gasteiger partial charge on any atom is 0.266 e. The van der Waals surface area contributed by atoms with Crippen LogP contribution in [0.3, 0.4) is 0 Å². The topological polar surface area (TPSA) is 64.7 Å². The Bertz CT molecular complexity index is 1120. The molecule has 27 heavy (non-hydrogen) atoms. The van der Waals surface area contributed by atoms with Gasteiger partial charge in [0.25, 0.3) is 5.91 Å². The van der Waals surface area contributed by atoms with Crippen molar-refractivity contribution in [3.05, 3.63) is 59.0 Å². The van der Waals surface area contributed by atoms with Crippen molar-refractivity contribution in [1.82, 2.24) is 19.6 Å². The molecule has 4 rings (SSSR count). The molecule has 0 saturated carbocycles. The summed E-state index contributed by atoms with van der Waals surface area (Å²) in [4.78, 5) is 14.2. The van der Waals surface area contributed by atoms with Crippen LogP contribution < -0.4 is 5.32 Å². The van der Waals surface area contributed by atoms with Gasteiger partial charge in [-0.1, -0.05) is 0 Å². The van der Waals surface area contributed by atoms with E-state index in [0.29, 0.717) is 10.7 Å². The van der Waals surface area contributed by atoms with Crippen LogP contribution in [0.2, 0.25) is 0 Å². The zero-order valence-electron chi connectivity index (χ0n) is 15.1. The van der Waals surface area contributed by atoms with Crippen LogP contribution in [0, 0.1) is 12.7 Å². The molecule has 0 atom stereocenters. The van der Waals surface area contributed by atoms with Crippen molar-refractivity contribution in [3.8, 4) is 5.69 Å². The van der Waals surface area contributed by atoms with Crippen molar-refractivity contribution in [2.45, 2.75) is 26.8 Å². The van der Waals surface area contributed by atoms with E-state index in [1.54, 1.807) is 33.8 Å². The summed E-state index contributed by atoms with van der Waals surface area (Å²) >= 11 is 1.35. The molecule has 0 aliphatic carbocycles. The first kappa shape index (κ1) is 17.4. The molecule has 0 saturated heterocycles. The number of aromatic nitrogens is 4. The molecule has 1 amide bonds. The number of anilines is 1. The fraction of sp³-hybridized carbons (Fsp3) is 0.211. The predicted molar refractivity (Wildman–Crippen MR) is 104 cm³/mol. The van der Waals surface area contributed by atoms with Crippen molar-refractivity contribution in [2.75, 3.05) is 5.32 Å². The molecular weight excluding hydrogens is 365 g/mol. The Morgan fingerprint density at radius 3 is 2.67 bits per heavy atom. The number of nitrogens with zero attached hydrogens (tertiary/aromatic N) is 4. The molecule has 0 bridgehead atoms.